The Morgan fingerprint density at radius 1 is 1.23 bits per heavy atom. The number of carbonyl (C=O) groups excluding carboxylic acids is 1. The minimum Gasteiger partial charge on any atom is -0.381 e. The fourth-order valence-electron chi connectivity index (χ4n) is 3.78. The fourth-order valence-corrected chi connectivity index (χ4v) is 3.78. The Bertz CT molecular complexity index is 503. The lowest BCUT2D eigenvalue weighted by molar-refractivity contribution is -0.132. The molecule has 22 heavy (non-hydrogen) atoms. The highest BCUT2D eigenvalue weighted by Crippen LogP contribution is 2.36. The van der Waals surface area contributed by atoms with Crippen molar-refractivity contribution >= 4 is 5.91 Å². The molecule has 0 bridgehead atoms. The third kappa shape index (κ3) is 3.50. The molecular weight excluding hydrogens is 276 g/mol. The van der Waals surface area contributed by atoms with Crippen molar-refractivity contribution in [3.63, 3.8) is 0 Å². The van der Waals surface area contributed by atoms with Crippen LogP contribution in [0.1, 0.15) is 12.0 Å². The van der Waals surface area contributed by atoms with Gasteiger partial charge in [-0.3, -0.25) is 9.69 Å². The normalized spacial score (nSPS) is 28.4. The number of nitrogens with zero attached hydrogens (tertiary/aromatic N) is 2. The molecule has 0 aliphatic carbocycles. The van der Waals surface area contributed by atoms with E-state index in [2.05, 4.69) is 35.2 Å². The molecule has 1 aromatic carbocycles. The van der Waals surface area contributed by atoms with Gasteiger partial charge in [0.15, 0.2) is 0 Å². The molecule has 2 aliphatic heterocycles. The lowest BCUT2D eigenvalue weighted by Crippen LogP contribution is -2.38. The Balaban J connectivity index is 1.61. The monoisotopic (exact) mass is 302 g/mol. The number of carbonyl (C=O) groups is 1. The van der Waals surface area contributed by atoms with Crippen molar-refractivity contribution < 1.29 is 9.53 Å². The summed E-state index contributed by atoms with van der Waals surface area (Å²) in [6.45, 7) is 4.77. The fraction of sp³-hybridized carbons (Fsp3) is 0.611. The molecule has 0 radical (unpaired) electrons. The maximum Gasteiger partial charge on any atom is 0.222 e. The summed E-state index contributed by atoms with van der Waals surface area (Å²) in [7, 11) is 3.67. The summed E-state index contributed by atoms with van der Waals surface area (Å²) in [6, 6.07) is 10.6. The van der Waals surface area contributed by atoms with Gasteiger partial charge in [-0.25, -0.2) is 0 Å². The van der Waals surface area contributed by atoms with Gasteiger partial charge >= 0.3 is 0 Å². The maximum absolute atomic E-state index is 12.0. The highest BCUT2D eigenvalue weighted by molar-refractivity contribution is 5.75. The zero-order valence-corrected chi connectivity index (χ0v) is 13.6. The van der Waals surface area contributed by atoms with Gasteiger partial charge in [0.05, 0.1) is 13.2 Å². The summed E-state index contributed by atoms with van der Waals surface area (Å²) in [5.74, 6) is 1.77. The Labute approximate surface area is 133 Å². The molecule has 3 rings (SSSR count). The van der Waals surface area contributed by atoms with Crippen molar-refractivity contribution in [1.29, 1.82) is 0 Å². The molecule has 0 saturated carbocycles. The van der Waals surface area contributed by atoms with Crippen LogP contribution in [0.15, 0.2) is 30.3 Å². The third-order valence-corrected chi connectivity index (χ3v) is 5.02. The molecule has 1 amide bonds. The first-order valence-electron chi connectivity index (χ1n) is 8.17. The maximum atomic E-state index is 12.0. The van der Waals surface area contributed by atoms with E-state index in [1.54, 1.807) is 4.90 Å². The first-order valence-corrected chi connectivity index (χ1v) is 8.17. The van der Waals surface area contributed by atoms with Crippen molar-refractivity contribution in [2.24, 2.45) is 17.8 Å². The number of benzene rings is 1. The molecule has 3 atom stereocenters. The van der Waals surface area contributed by atoms with Crippen LogP contribution >= 0.6 is 0 Å². The topological polar surface area (TPSA) is 32.8 Å². The van der Waals surface area contributed by atoms with Crippen molar-refractivity contribution in [2.75, 3.05) is 40.4 Å². The molecule has 0 aromatic heterocycles. The van der Waals surface area contributed by atoms with Gasteiger partial charge in [0, 0.05) is 40.2 Å². The molecule has 2 aliphatic rings. The van der Waals surface area contributed by atoms with Crippen LogP contribution in [-0.2, 0) is 16.1 Å². The molecule has 4 heteroatoms. The van der Waals surface area contributed by atoms with Gasteiger partial charge in [0.25, 0.3) is 0 Å². The van der Waals surface area contributed by atoms with E-state index in [1.165, 1.54) is 5.56 Å². The van der Waals surface area contributed by atoms with Gasteiger partial charge in [-0.1, -0.05) is 30.3 Å². The van der Waals surface area contributed by atoms with Gasteiger partial charge in [0.1, 0.15) is 0 Å². The van der Waals surface area contributed by atoms with Crippen molar-refractivity contribution in [3.8, 4) is 0 Å². The lowest BCUT2D eigenvalue weighted by Gasteiger charge is -2.33. The van der Waals surface area contributed by atoms with E-state index in [4.69, 9.17) is 4.74 Å². The Kier molecular flexibility index (Phi) is 4.79. The predicted octanol–water partition coefficient (Wildman–Crippen LogP) is 1.86. The molecular formula is C18H26N2O2. The molecule has 120 valence electrons. The molecule has 0 spiro atoms. The van der Waals surface area contributed by atoms with Crippen molar-refractivity contribution in [3.05, 3.63) is 35.9 Å². The molecule has 2 saturated heterocycles. The zero-order chi connectivity index (χ0) is 15.5. The number of hydrogen-bond acceptors (Lipinski definition) is 3. The van der Waals surface area contributed by atoms with Crippen LogP contribution in [0.4, 0.5) is 0 Å². The van der Waals surface area contributed by atoms with Crippen LogP contribution in [0, 0.1) is 17.8 Å². The van der Waals surface area contributed by atoms with E-state index >= 15 is 0 Å². The van der Waals surface area contributed by atoms with E-state index in [1.807, 2.05) is 14.1 Å². The Hall–Kier alpha value is -1.39. The summed E-state index contributed by atoms with van der Waals surface area (Å²) in [5.41, 5.74) is 1.36. The predicted molar refractivity (Wildman–Crippen MR) is 86.3 cm³/mol. The van der Waals surface area contributed by atoms with E-state index in [-0.39, 0.29) is 5.91 Å². The number of rotatable bonds is 4. The largest absolute Gasteiger partial charge is 0.381 e. The molecule has 2 heterocycles. The summed E-state index contributed by atoms with van der Waals surface area (Å²) < 4.78 is 5.78. The first-order chi connectivity index (χ1) is 10.6. The Morgan fingerprint density at radius 2 is 2.00 bits per heavy atom. The van der Waals surface area contributed by atoms with Crippen molar-refractivity contribution in [1.82, 2.24) is 9.80 Å². The van der Waals surface area contributed by atoms with E-state index in [9.17, 15) is 4.79 Å². The minimum absolute atomic E-state index is 0.218. The Morgan fingerprint density at radius 3 is 2.73 bits per heavy atom. The van der Waals surface area contributed by atoms with Crippen LogP contribution < -0.4 is 0 Å². The van der Waals surface area contributed by atoms with Crippen molar-refractivity contribution in [2.45, 2.75) is 13.0 Å². The highest BCUT2D eigenvalue weighted by Gasteiger charge is 2.41. The van der Waals surface area contributed by atoms with E-state index < -0.39 is 0 Å². The standard InChI is InChI=1S/C18H26N2O2/c1-19(2)18(21)8-15-12-22-13-16-10-20(11-17(15)16)9-14-6-4-3-5-7-14/h3-7,15-17H,8-13H2,1-2H3/t15-,16-,17+/m1/s1. The summed E-state index contributed by atoms with van der Waals surface area (Å²) in [5, 5.41) is 0. The quantitative estimate of drug-likeness (QED) is 0.851. The summed E-state index contributed by atoms with van der Waals surface area (Å²) >= 11 is 0. The first kappa shape index (κ1) is 15.5. The van der Waals surface area contributed by atoms with Gasteiger partial charge in [0.2, 0.25) is 5.91 Å². The number of hydrogen-bond donors (Lipinski definition) is 0. The second-order valence-electron chi connectivity index (χ2n) is 6.89. The highest BCUT2D eigenvalue weighted by atomic mass is 16.5. The average Bonchev–Trinajstić information content (AvgIpc) is 2.91. The van der Waals surface area contributed by atoms with E-state index in [0.717, 1.165) is 32.8 Å². The number of amides is 1. The average molecular weight is 302 g/mol. The van der Waals surface area contributed by atoms with Gasteiger partial charge in [-0.05, 0) is 23.3 Å². The molecule has 2 fully saturated rings. The second kappa shape index (κ2) is 6.80. The minimum atomic E-state index is 0.218. The number of ether oxygens (including phenoxy) is 1. The zero-order valence-electron chi connectivity index (χ0n) is 13.6. The third-order valence-electron chi connectivity index (χ3n) is 5.02. The smallest absolute Gasteiger partial charge is 0.222 e. The van der Waals surface area contributed by atoms with Crippen LogP contribution in [-0.4, -0.2) is 56.1 Å². The molecule has 0 N–H and O–H groups in total. The molecule has 0 unspecified atom stereocenters. The van der Waals surface area contributed by atoms with Crippen LogP contribution in [0.5, 0.6) is 0 Å². The van der Waals surface area contributed by atoms with Crippen LogP contribution in [0.25, 0.3) is 0 Å². The SMILES string of the molecule is CN(C)C(=O)C[C@@H]1COC[C@H]2CN(Cc3ccccc3)C[C@@H]12. The number of likely N-dealkylation sites (tertiary alicyclic amines) is 1. The van der Waals surface area contributed by atoms with Gasteiger partial charge in [-0.15, -0.1) is 0 Å². The van der Waals surface area contributed by atoms with Gasteiger partial charge < -0.3 is 9.64 Å². The van der Waals surface area contributed by atoms with Crippen LogP contribution in [0.3, 0.4) is 0 Å². The second-order valence-corrected chi connectivity index (χ2v) is 6.89. The van der Waals surface area contributed by atoms with Gasteiger partial charge in [-0.2, -0.15) is 0 Å². The molecule has 1 aromatic rings. The van der Waals surface area contributed by atoms with E-state index in [0.29, 0.717) is 24.2 Å². The molecule has 4 nitrogen and oxygen atoms in total. The summed E-state index contributed by atoms with van der Waals surface area (Å²) in [6.07, 6.45) is 0.618. The summed E-state index contributed by atoms with van der Waals surface area (Å²) in [4.78, 5) is 16.2. The lowest BCUT2D eigenvalue weighted by atomic mass is 9.81. The number of fused-ring (bicyclic) bond motifs is 1. The van der Waals surface area contributed by atoms with Crippen LogP contribution in [0.2, 0.25) is 0 Å².